The summed E-state index contributed by atoms with van der Waals surface area (Å²) in [7, 11) is 0. The van der Waals surface area contributed by atoms with Crippen molar-refractivity contribution < 1.29 is 0 Å². The van der Waals surface area contributed by atoms with Crippen molar-refractivity contribution in [2.45, 2.75) is 37.7 Å². The third-order valence-electron chi connectivity index (χ3n) is 2.91. The van der Waals surface area contributed by atoms with Crippen molar-refractivity contribution in [3.05, 3.63) is 37.0 Å². The van der Waals surface area contributed by atoms with Crippen LogP contribution in [-0.2, 0) is 0 Å². The van der Waals surface area contributed by atoms with Gasteiger partial charge in [0.2, 0.25) is 0 Å². The molecule has 1 rings (SSSR count). The molecule has 0 aromatic rings. The molecule has 0 saturated carbocycles. The van der Waals surface area contributed by atoms with Gasteiger partial charge in [-0.25, -0.2) is 0 Å². The van der Waals surface area contributed by atoms with Gasteiger partial charge in [-0.15, -0.1) is 19.2 Å². The van der Waals surface area contributed by atoms with Gasteiger partial charge >= 0.3 is 0 Å². The number of hydrogen-bond donors (Lipinski definition) is 3. The van der Waals surface area contributed by atoms with Crippen molar-refractivity contribution in [3.63, 3.8) is 0 Å². The van der Waals surface area contributed by atoms with Gasteiger partial charge in [0.05, 0.1) is 0 Å². The van der Waals surface area contributed by atoms with Crippen LogP contribution in [0.15, 0.2) is 37.0 Å². The highest BCUT2D eigenvalue weighted by molar-refractivity contribution is 7.80. The highest BCUT2D eigenvalue weighted by atomic mass is 32.1. The summed E-state index contributed by atoms with van der Waals surface area (Å²) in [5.74, 6) is 0.538. The van der Waals surface area contributed by atoms with Gasteiger partial charge in [-0.3, -0.25) is 10.6 Å². The van der Waals surface area contributed by atoms with Crippen LogP contribution in [0.3, 0.4) is 0 Å². The molecule has 0 aromatic heterocycles. The average Bonchev–Trinajstić information content (AvgIpc) is 2.37. The summed E-state index contributed by atoms with van der Waals surface area (Å²) in [6.45, 7) is 6.98. The maximum atomic E-state index is 4.52. The van der Waals surface area contributed by atoms with E-state index in [0.29, 0.717) is 12.0 Å². The first kappa shape index (κ1) is 14.6. The Balaban J connectivity index is 2.44. The molecule has 0 spiro atoms. The molecule has 0 aliphatic heterocycles. The molecule has 17 heavy (non-hydrogen) atoms. The Morgan fingerprint density at radius 1 is 1.53 bits per heavy atom. The van der Waals surface area contributed by atoms with Crippen molar-refractivity contribution in [1.29, 1.82) is 0 Å². The largest absolute Gasteiger partial charge is 0.294 e. The van der Waals surface area contributed by atoms with Gasteiger partial charge in [0.25, 0.3) is 0 Å². The van der Waals surface area contributed by atoms with Gasteiger partial charge in [0, 0.05) is 6.04 Å². The van der Waals surface area contributed by atoms with E-state index in [9.17, 15) is 0 Å². The summed E-state index contributed by atoms with van der Waals surface area (Å²) in [4.78, 5) is 0. The van der Waals surface area contributed by atoms with E-state index in [0.717, 1.165) is 25.8 Å². The molecule has 0 heterocycles. The Morgan fingerprint density at radius 3 is 2.94 bits per heavy atom. The lowest BCUT2D eigenvalue weighted by Crippen LogP contribution is -2.46. The van der Waals surface area contributed by atoms with Crippen molar-refractivity contribution in [2.75, 3.05) is 6.54 Å². The molecule has 0 bridgehead atoms. The summed E-state index contributed by atoms with van der Waals surface area (Å²) >= 11 is 4.52. The van der Waals surface area contributed by atoms with Crippen LogP contribution in [0.5, 0.6) is 0 Å². The van der Waals surface area contributed by atoms with E-state index in [1.165, 1.54) is 0 Å². The molecule has 2 N–H and O–H groups in total. The molecule has 0 saturated heterocycles. The van der Waals surface area contributed by atoms with E-state index in [4.69, 9.17) is 0 Å². The second-order valence-corrected chi connectivity index (χ2v) is 4.88. The highest BCUT2D eigenvalue weighted by Gasteiger charge is 2.19. The van der Waals surface area contributed by atoms with E-state index in [-0.39, 0.29) is 5.50 Å². The number of allylic oxidation sites excluding steroid dienone is 3. The minimum Gasteiger partial charge on any atom is -0.294 e. The standard InChI is InChI=1S/C14H24N2S/c1-3-8-13(12-9-6-5-7-10-12)16-14(17)15-11-4-2/h3,5-7,9,12-17H,1,4,8,10-11H2,2H3. The second-order valence-electron chi connectivity index (χ2n) is 4.37. The van der Waals surface area contributed by atoms with Crippen molar-refractivity contribution in [1.82, 2.24) is 10.6 Å². The van der Waals surface area contributed by atoms with Crippen LogP contribution in [0.1, 0.15) is 26.2 Å². The third kappa shape index (κ3) is 5.57. The van der Waals surface area contributed by atoms with Gasteiger partial charge in [-0.05, 0) is 31.7 Å². The summed E-state index contributed by atoms with van der Waals surface area (Å²) in [6, 6.07) is 0.403. The lowest BCUT2D eigenvalue weighted by atomic mass is 9.91. The van der Waals surface area contributed by atoms with E-state index < -0.39 is 0 Å². The van der Waals surface area contributed by atoms with Crippen LogP contribution in [0.4, 0.5) is 0 Å². The molecule has 0 aromatic carbocycles. The monoisotopic (exact) mass is 252 g/mol. The fourth-order valence-electron chi connectivity index (χ4n) is 1.99. The molecular formula is C14H24N2S. The quantitative estimate of drug-likeness (QED) is 0.351. The first-order valence-corrected chi connectivity index (χ1v) is 6.91. The number of hydrogen-bond acceptors (Lipinski definition) is 3. The van der Waals surface area contributed by atoms with Crippen LogP contribution >= 0.6 is 12.6 Å². The van der Waals surface area contributed by atoms with Gasteiger partial charge in [0.1, 0.15) is 5.50 Å². The van der Waals surface area contributed by atoms with E-state index >= 15 is 0 Å². The summed E-state index contributed by atoms with van der Waals surface area (Å²) < 4.78 is 0. The molecule has 3 unspecified atom stereocenters. The van der Waals surface area contributed by atoms with E-state index in [1.807, 2.05) is 6.08 Å². The Bertz CT molecular complexity index is 273. The molecule has 1 aliphatic rings. The predicted molar refractivity (Wildman–Crippen MR) is 79.2 cm³/mol. The Hall–Kier alpha value is -0.510. The molecule has 0 amide bonds. The van der Waals surface area contributed by atoms with Gasteiger partial charge in [0.15, 0.2) is 0 Å². The van der Waals surface area contributed by atoms with Gasteiger partial charge in [-0.2, -0.15) is 0 Å². The highest BCUT2D eigenvalue weighted by Crippen LogP contribution is 2.19. The number of rotatable bonds is 8. The number of thiol groups is 1. The molecule has 3 atom stereocenters. The number of nitrogens with one attached hydrogen (secondary N) is 2. The van der Waals surface area contributed by atoms with Crippen LogP contribution in [0.25, 0.3) is 0 Å². The molecule has 3 heteroatoms. The summed E-state index contributed by atoms with van der Waals surface area (Å²) in [5.41, 5.74) is 0.0548. The molecular weight excluding hydrogens is 228 g/mol. The topological polar surface area (TPSA) is 24.1 Å². The average molecular weight is 252 g/mol. The Kier molecular flexibility index (Phi) is 7.33. The molecule has 1 aliphatic carbocycles. The molecule has 96 valence electrons. The van der Waals surface area contributed by atoms with Crippen LogP contribution < -0.4 is 10.6 Å². The van der Waals surface area contributed by atoms with Crippen LogP contribution in [0, 0.1) is 5.92 Å². The Labute approximate surface area is 111 Å². The lowest BCUT2D eigenvalue weighted by molar-refractivity contribution is 0.379. The first-order chi connectivity index (χ1) is 8.27. The summed E-state index contributed by atoms with van der Waals surface area (Å²) in [5, 5.41) is 6.86. The lowest BCUT2D eigenvalue weighted by Gasteiger charge is -2.28. The fourth-order valence-corrected chi connectivity index (χ4v) is 2.31. The zero-order valence-electron chi connectivity index (χ0n) is 10.6. The maximum Gasteiger partial charge on any atom is 0.103 e. The maximum absolute atomic E-state index is 4.52. The molecule has 2 nitrogen and oxygen atoms in total. The van der Waals surface area contributed by atoms with Gasteiger partial charge in [-0.1, -0.05) is 37.3 Å². The summed E-state index contributed by atoms with van der Waals surface area (Å²) in [6.07, 6.45) is 13.9. The predicted octanol–water partition coefficient (Wildman–Crippen LogP) is 2.87. The van der Waals surface area contributed by atoms with Crippen molar-refractivity contribution in [3.8, 4) is 0 Å². The Morgan fingerprint density at radius 2 is 2.35 bits per heavy atom. The minimum absolute atomic E-state index is 0.0548. The zero-order valence-corrected chi connectivity index (χ0v) is 11.5. The molecule has 0 radical (unpaired) electrons. The molecule has 0 fully saturated rings. The van der Waals surface area contributed by atoms with Crippen LogP contribution in [0.2, 0.25) is 0 Å². The first-order valence-electron chi connectivity index (χ1n) is 6.39. The normalized spacial score (nSPS) is 22.4. The zero-order chi connectivity index (χ0) is 12.5. The van der Waals surface area contributed by atoms with Crippen molar-refractivity contribution >= 4 is 12.6 Å². The smallest absolute Gasteiger partial charge is 0.103 e. The van der Waals surface area contributed by atoms with Gasteiger partial charge < -0.3 is 0 Å². The van der Waals surface area contributed by atoms with Crippen LogP contribution in [-0.4, -0.2) is 18.1 Å². The van der Waals surface area contributed by atoms with E-state index in [1.54, 1.807) is 0 Å². The third-order valence-corrected chi connectivity index (χ3v) is 3.24. The SMILES string of the molecule is C=CCC(NC(S)NCCC)C1C=CC=CC1. The van der Waals surface area contributed by atoms with Crippen molar-refractivity contribution in [2.24, 2.45) is 5.92 Å². The second kappa shape index (κ2) is 8.56. The fraction of sp³-hybridized carbons (Fsp3) is 0.571. The van der Waals surface area contributed by atoms with E-state index in [2.05, 4.69) is 61.1 Å². The minimum atomic E-state index is 0.0548.